The fourth-order valence-corrected chi connectivity index (χ4v) is 2.65. The normalized spacial score (nSPS) is 10.4. The molecule has 0 fully saturated rings. The van der Waals surface area contributed by atoms with Crippen LogP contribution in [0, 0.1) is 0 Å². The predicted molar refractivity (Wildman–Crippen MR) is 110 cm³/mol. The van der Waals surface area contributed by atoms with Gasteiger partial charge in [-0.3, -0.25) is 0 Å². The minimum Gasteiger partial charge on any atom is -0.438 e. The van der Waals surface area contributed by atoms with Crippen molar-refractivity contribution in [2.45, 2.75) is 0 Å². The van der Waals surface area contributed by atoms with Gasteiger partial charge in [-0.25, -0.2) is 9.48 Å². The molecular formula is C20H15ClN6O2. The van der Waals surface area contributed by atoms with Crippen molar-refractivity contribution in [3.63, 3.8) is 0 Å². The zero-order valence-corrected chi connectivity index (χ0v) is 15.7. The highest BCUT2D eigenvalue weighted by Crippen LogP contribution is 2.23. The molecule has 0 radical (unpaired) electrons. The molecule has 2 aromatic heterocycles. The monoisotopic (exact) mass is 406 g/mol. The van der Waals surface area contributed by atoms with Crippen LogP contribution in [0.25, 0.3) is 5.82 Å². The number of para-hydroxylation sites is 1. The third kappa shape index (κ3) is 4.69. The van der Waals surface area contributed by atoms with E-state index in [1.807, 2.05) is 0 Å². The number of rotatable bonds is 5. The van der Waals surface area contributed by atoms with Gasteiger partial charge in [-0.1, -0.05) is 23.7 Å². The van der Waals surface area contributed by atoms with E-state index < -0.39 is 6.03 Å². The molecule has 4 rings (SSSR count). The number of amides is 2. The number of urea groups is 1. The predicted octanol–water partition coefficient (Wildman–Crippen LogP) is 4.75. The first kappa shape index (κ1) is 18.5. The van der Waals surface area contributed by atoms with E-state index in [2.05, 4.69) is 25.9 Å². The van der Waals surface area contributed by atoms with Gasteiger partial charge in [0.05, 0.1) is 10.7 Å². The van der Waals surface area contributed by atoms with Crippen molar-refractivity contribution in [3.8, 4) is 17.4 Å². The second-order valence-electron chi connectivity index (χ2n) is 5.87. The first-order chi connectivity index (χ1) is 14.2. The van der Waals surface area contributed by atoms with Gasteiger partial charge in [-0.05, 0) is 48.5 Å². The van der Waals surface area contributed by atoms with Crippen molar-refractivity contribution in [2.75, 3.05) is 10.6 Å². The van der Waals surface area contributed by atoms with Crippen LogP contribution in [-0.2, 0) is 0 Å². The lowest BCUT2D eigenvalue weighted by Gasteiger charge is -2.10. The van der Waals surface area contributed by atoms with E-state index in [1.165, 1.54) is 0 Å². The molecule has 9 heteroatoms. The van der Waals surface area contributed by atoms with Crippen molar-refractivity contribution >= 4 is 29.0 Å². The molecule has 2 heterocycles. The minimum atomic E-state index is -0.396. The van der Waals surface area contributed by atoms with Gasteiger partial charge in [0, 0.05) is 24.1 Å². The van der Waals surface area contributed by atoms with Crippen molar-refractivity contribution in [1.29, 1.82) is 0 Å². The SMILES string of the molecule is O=C(Nc1ccc(Oc2ccc(-n3cccn3)nn2)cc1)Nc1ccccc1Cl. The topological polar surface area (TPSA) is 94.0 Å². The van der Waals surface area contributed by atoms with Crippen LogP contribution in [0.15, 0.2) is 79.1 Å². The van der Waals surface area contributed by atoms with E-state index in [9.17, 15) is 4.79 Å². The fraction of sp³-hybridized carbons (Fsp3) is 0. The Balaban J connectivity index is 1.35. The average molecular weight is 407 g/mol. The number of benzene rings is 2. The first-order valence-corrected chi connectivity index (χ1v) is 8.99. The summed E-state index contributed by atoms with van der Waals surface area (Å²) >= 11 is 6.03. The van der Waals surface area contributed by atoms with Gasteiger partial charge in [-0.15, -0.1) is 10.2 Å². The van der Waals surface area contributed by atoms with Crippen LogP contribution in [0.3, 0.4) is 0 Å². The van der Waals surface area contributed by atoms with Gasteiger partial charge in [0.1, 0.15) is 5.75 Å². The number of hydrogen-bond donors (Lipinski definition) is 2. The van der Waals surface area contributed by atoms with E-state index in [1.54, 1.807) is 83.8 Å². The largest absolute Gasteiger partial charge is 0.438 e. The highest BCUT2D eigenvalue weighted by molar-refractivity contribution is 6.33. The van der Waals surface area contributed by atoms with Crippen LogP contribution in [0.4, 0.5) is 16.2 Å². The summed E-state index contributed by atoms with van der Waals surface area (Å²) in [5.74, 6) is 1.49. The Kier molecular flexibility index (Phi) is 5.35. The summed E-state index contributed by atoms with van der Waals surface area (Å²) in [7, 11) is 0. The van der Waals surface area contributed by atoms with E-state index in [0.717, 1.165) is 0 Å². The van der Waals surface area contributed by atoms with Crippen molar-refractivity contribution in [3.05, 3.63) is 84.1 Å². The second kappa shape index (κ2) is 8.41. The maximum absolute atomic E-state index is 12.1. The van der Waals surface area contributed by atoms with Crippen LogP contribution < -0.4 is 15.4 Å². The van der Waals surface area contributed by atoms with Crippen LogP contribution >= 0.6 is 11.6 Å². The maximum atomic E-state index is 12.1. The molecule has 0 atom stereocenters. The summed E-state index contributed by atoms with van der Waals surface area (Å²) in [6, 6.07) is 18.7. The highest BCUT2D eigenvalue weighted by atomic mass is 35.5. The van der Waals surface area contributed by atoms with Gasteiger partial charge in [-0.2, -0.15) is 5.10 Å². The molecule has 2 aromatic carbocycles. The maximum Gasteiger partial charge on any atom is 0.323 e. The summed E-state index contributed by atoms with van der Waals surface area (Å²) in [6.45, 7) is 0. The van der Waals surface area contributed by atoms with Crippen LogP contribution in [-0.4, -0.2) is 26.0 Å². The summed E-state index contributed by atoms with van der Waals surface area (Å²) < 4.78 is 7.28. The Morgan fingerprint density at radius 2 is 1.76 bits per heavy atom. The lowest BCUT2D eigenvalue weighted by Crippen LogP contribution is -2.19. The standard InChI is InChI=1S/C20H15ClN6O2/c21-16-4-1-2-5-17(16)24-20(28)23-14-6-8-15(9-7-14)29-19-11-10-18(25-26-19)27-13-3-12-22-27/h1-13H,(H2,23,24,28). The zero-order valence-electron chi connectivity index (χ0n) is 15.0. The third-order valence-electron chi connectivity index (χ3n) is 3.82. The second-order valence-corrected chi connectivity index (χ2v) is 6.27. The molecule has 2 amide bonds. The number of carbonyl (C=O) groups excluding carboxylic acids is 1. The van der Waals surface area contributed by atoms with E-state index in [4.69, 9.17) is 16.3 Å². The molecule has 29 heavy (non-hydrogen) atoms. The summed E-state index contributed by atoms with van der Waals surface area (Å²) in [4.78, 5) is 12.1. The minimum absolute atomic E-state index is 0.345. The smallest absolute Gasteiger partial charge is 0.323 e. The Bertz CT molecular complexity index is 1100. The molecule has 0 aliphatic carbocycles. The Morgan fingerprint density at radius 1 is 0.931 bits per heavy atom. The molecule has 0 bridgehead atoms. The summed E-state index contributed by atoms with van der Waals surface area (Å²) in [5.41, 5.74) is 1.13. The summed E-state index contributed by atoms with van der Waals surface area (Å²) in [5, 5.41) is 18.1. The average Bonchev–Trinajstić information content (AvgIpc) is 3.27. The molecule has 4 aromatic rings. The van der Waals surface area contributed by atoms with Crippen molar-refractivity contribution in [2.24, 2.45) is 0 Å². The number of halogens is 1. The Labute approximate surface area is 171 Å². The molecule has 8 nitrogen and oxygen atoms in total. The van der Waals surface area contributed by atoms with Crippen molar-refractivity contribution in [1.82, 2.24) is 20.0 Å². The number of ether oxygens (including phenoxy) is 1. The molecular weight excluding hydrogens is 392 g/mol. The Hall–Kier alpha value is -3.91. The van der Waals surface area contributed by atoms with E-state index in [-0.39, 0.29) is 0 Å². The van der Waals surface area contributed by atoms with Crippen LogP contribution in [0.1, 0.15) is 0 Å². The third-order valence-corrected chi connectivity index (χ3v) is 4.15. The molecule has 0 aliphatic rings. The van der Waals surface area contributed by atoms with E-state index in [0.29, 0.717) is 33.8 Å². The van der Waals surface area contributed by atoms with Gasteiger partial charge >= 0.3 is 6.03 Å². The highest BCUT2D eigenvalue weighted by Gasteiger charge is 2.07. The molecule has 0 saturated carbocycles. The molecule has 0 spiro atoms. The number of nitrogens with one attached hydrogen (secondary N) is 2. The molecule has 144 valence electrons. The molecule has 0 aliphatic heterocycles. The molecule has 0 saturated heterocycles. The molecule has 2 N–H and O–H groups in total. The van der Waals surface area contributed by atoms with Crippen molar-refractivity contribution < 1.29 is 9.53 Å². The number of nitrogens with zero attached hydrogens (tertiary/aromatic N) is 4. The lowest BCUT2D eigenvalue weighted by atomic mass is 10.3. The van der Waals surface area contributed by atoms with Gasteiger partial charge in [0.25, 0.3) is 0 Å². The number of carbonyl (C=O) groups is 1. The number of anilines is 2. The van der Waals surface area contributed by atoms with Gasteiger partial charge in [0.2, 0.25) is 5.88 Å². The van der Waals surface area contributed by atoms with Crippen LogP contribution in [0.5, 0.6) is 11.6 Å². The lowest BCUT2D eigenvalue weighted by molar-refractivity contribution is 0.262. The molecule has 0 unspecified atom stereocenters. The van der Waals surface area contributed by atoms with Crippen LogP contribution in [0.2, 0.25) is 5.02 Å². The number of aromatic nitrogens is 4. The fourth-order valence-electron chi connectivity index (χ4n) is 2.47. The van der Waals surface area contributed by atoms with E-state index >= 15 is 0 Å². The first-order valence-electron chi connectivity index (χ1n) is 8.61. The summed E-state index contributed by atoms with van der Waals surface area (Å²) in [6.07, 6.45) is 3.44. The quantitative estimate of drug-likeness (QED) is 0.498. The van der Waals surface area contributed by atoms with Gasteiger partial charge < -0.3 is 15.4 Å². The Morgan fingerprint density at radius 3 is 2.45 bits per heavy atom. The number of hydrogen-bond acceptors (Lipinski definition) is 5. The zero-order chi connectivity index (χ0) is 20.1. The van der Waals surface area contributed by atoms with Gasteiger partial charge in [0.15, 0.2) is 5.82 Å².